The van der Waals surface area contributed by atoms with E-state index in [0.29, 0.717) is 11.4 Å². The number of piperidine rings is 1. The molecule has 0 aliphatic carbocycles. The van der Waals surface area contributed by atoms with Gasteiger partial charge in [-0.2, -0.15) is 4.98 Å². The molecule has 2 aromatic rings. The highest BCUT2D eigenvalue weighted by molar-refractivity contribution is 5.62. The van der Waals surface area contributed by atoms with Crippen molar-refractivity contribution in [3.05, 3.63) is 36.3 Å². The van der Waals surface area contributed by atoms with Crippen molar-refractivity contribution in [2.75, 3.05) is 29.4 Å². The Morgan fingerprint density at radius 2 is 1.81 bits per heavy atom. The molecular weight excluding hydrogens is 416 g/mol. The van der Waals surface area contributed by atoms with Gasteiger partial charge < -0.3 is 10.6 Å². The number of hydrogen-bond donors (Lipinski definition) is 2. The lowest BCUT2D eigenvalue weighted by Crippen LogP contribution is -2.61. The van der Waals surface area contributed by atoms with E-state index in [1.165, 1.54) is 5.01 Å². The third kappa shape index (κ3) is 4.57. The van der Waals surface area contributed by atoms with Crippen LogP contribution in [0.3, 0.4) is 0 Å². The summed E-state index contributed by atoms with van der Waals surface area (Å²) in [5, 5.41) is 15.1. The molecule has 9 nitrogen and oxygen atoms in total. The molecule has 3 heterocycles. The Balaban J connectivity index is 1.50. The van der Waals surface area contributed by atoms with Crippen LogP contribution in [0.1, 0.15) is 40.5 Å². The second kappa shape index (κ2) is 8.12. The smallest absolute Gasteiger partial charge is 0.229 e. The molecular formula is C21H29F2N9. The standard InChI is InChI=1S/C21H29F2N9/c1-20(2)10-15(11-21(3,4)30(20)5)25-18-17(22)12-24-19(27-18)26-14-7-6-8-16(9-14)31-13-32(23)29-28-31/h6-9,12,15H,10-11,13H2,1-5H3,(H2,24,25,26,27). The van der Waals surface area contributed by atoms with Gasteiger partial charge in [-0.1, -0.05) is 15.8 Å². The van der Waals surface area contributed by atoms with Gasteiger partial charge in [0.2, 0.25) is 5.95 Å². The average Bonchev–Trinajstić information content (AvgIpc) is 3.15. The third-order valence-corrected chi connectivity index (χ3v) is 6.29. The number of aromatic nitrogens is 2. The summed E-state index contributed by atoms with van der Waals surface area (Å²) in [7, 11) is 2.13. The van der Waals surface area contributed by atoms with Crippen LogP contribution >= 0.6 is 0 Å². The normalized spacial score (nSPS) is 20.6. The fourth-order valence-corrected chi connectivity index (χ4v) is 4.46. The first kappa shape index (κ1) is 22.1. The van der Waals surface area contributed by atoms with Crippen LogP contribution in [0, 0.1) is 5.82 Å². The number of nitrogens with one attached hydrogen (secondary N) is 2. The molecule has 2 aliphatic rings. The molecule has 0 atom stereocenters. The lowest BCUT2D eigenvalue weighted by Gasteiger charge is -2.53. The lowest BCUT2D eigenvalue weighted by atomic mass is 9.77. The van der Waals surface area contributed by atoms with Crippen molar-refractivity contribution in [1.29, 1.82) is 0 Å². The molecule has 0 saturated carbocycles. The van der Waals surface area contributed by atoms with E-state index in [1.807, 2.05) is 6.07 Å². The first-order valence-electron chi connectivity index (χ1n) is 10.6. The predicted molar refractivity (Wildman–Crippen MR) is 119 cm³/mol. The molecule has 32 heavy (non-hydrogen) atoms. The quantitative estimate of drug-likeness (QED) is 0.647. The van der Waals surface area contributed by atoms with Gasteiger partial charge in [0.1, 0.15) is 0 Å². The molecule has 2 N–H and O–H groups in total. The number of rotatable bonds is 5. The summed E-state index contributed by atoms with van der Waals surface area (Å²) in [5.74, 6) is -0.0757. The highest BCUT2D eigenvalue weighted by Crippen LogP contribution is 2.38. The maximum absolute atomic E-state index is 14.5. The van der Waals surface area contributed by atoms with Gasteiger partial charge in [0.15, 0.2) is 18.3 Å². The van der Waals surface area contributed by atoms with Gasteiger partial charge in [0, 0.05) is 22.8 Å². The van der Waals surface area contributed by atoms with Gasteiger partial charge in [-0.25, -0.2) is 14.4 Å². The molecule has 4 rings (SSSR count). The number of likely N-dealkylation sites (tertiary alicyclic amines) is 1. The minimum Gasteiger partial charge on any atom is -0.365 e. The Morgan fingerprint density at radius 1 is 1.09 bits per heavy atom. The van der Waals surface area contributed by atoms with Crippen molar-refractivity contribution in [2.45, 2.75) is 57.7 Å². The minimum atomic E-state index is -0.501. The summed E-state index contributed by atoms with van der Waals surface area (Å²) in [6, 6.07) is 7.22. The zero-order valence-electron chi connectivity index (χ0n) is 19.0. The first-order valence-corrected chi connectivity index (χ1v) is 10.6. The molecule has 2 aliphatic heterocycles. The van der Waals surface area contributed by atoms with Crippen LogP contribution < -0.4 is 15.6 Å². The largest absolute Gasteiger partial charge is 0.365 e. The van der Waals surface area contributed by atoms with E-state index >= 15 is 0 Å². The molecule has 0 amide bonds. The van der Waals surface area contributed by atoms with Crippen LogP contribution in [0.15, 0.2) is 40.9 Å². The van der Waals surface area contributed by atoms with E-state index in [0.717, 1.165) is 19.0 Å². The van der Waals surface area contributed by atoms with Crippen molar-refractivity contribution in [2.24, 2.45) is 10.4 Å². The van der Waals surface area contributed by atoms with E-state index in [1.54, 1.807) is 18.2 Å². The number of halogens is 2. The zero-order valence-corrected chi connectivity index (χ0v) is 19.0. The Labute approximate surface area is 186 Å². The van der Waals surface area contributed by atoms with Crippen LogP contribution in [0.2, 0.25) is 0 Å². The van der Waals surface area contributed by atoms with Crippen molar-refractivity contribution in [1.82, 2.24) is 20.1 Å². The summed E-state index contributed by atoms with van der Waals surface area (Å²) in [4.78, 5) is 10.8. The topological polar surface area (TPSA) is 84.3 Å². The maximum atomic E-state index is 14.5. The summed E-state index contributed by atoms with van der Waals surface area (Å²) < 4.78 is 27.7. The maximum Gasteiger partial charge on any atom is 0.229 e. The molecule has 0 bridgehead atoms. The first-order chi connectivity index (χ1) is 15.0. The number of nitrogens with zero attached hydrogens (tertiary/aromatic N) is 7. The molecule has 11 heteroatoms. The van der Waals surface area contributed by atoms with Gasteiger partial charge >= 0.3 is 0 Å². The Hall–Kier alpha value is -3.08. The van der Waals surface area contributed by atoms with E-state index in [9.17, 15) is 8.87 Å². The molecule has 0 spiro atoms. The van der Waals surface area contributed by atoms with Crippen molar-refractivity contribution >= 4 is 23.1 Å². The predicted octanol–water partition coefficient (Wildman–Crippen LogP) is 4.67. The number of hydrogen-bond acceptors (Lipinski definition) is 9. The fraction of sp³-hybridized carbons (Fsp3) is 0.524. The molecule has 1 fully saturated rings. The summed E-state index contributed by atoms with van der Waals surface area (Å²) in [6.07, 6.45) is 2.87. The third-order valence-electron chi connectivity index (χ3n) is 6.29. The Morgan fingerprint density at radius 3 is 2.47 bits per heavy atom. The van der Waals surface area contributed by atoms with Crippen LogP contribution in [-0.4, -0.2) is 50.9 Å². The summed E-state index contributed by atoms with van der Waals surface area (Å²) >= 11 is 0. The van der Waals surface area contributed by atoms with Crippen molar-refractivity contribution < 1.29 is 8.87 Å². The van der Waals surface area contributed by atoms with Crippen molar-refractivity contribution in [3.63, 3.8) is 0 Å². The van der Waals surface area contributed by atoms with Gasteiger partial charge in [-0.3, -0.25) is 4.90 Å². The van der Waals surface area contributed by atoms with E-state index in [2.05, 4.69) is 70.7 Å². The molecule has 172 valence electrons. The average molecular weight is 446 g/mol. The Kier molecular flexibility index (Phi) is 5.61. The van der Waals surface area contributed by atoms with Gasteiger partial charge in [-0.15, -0.1) is 0 Å². The van der Waals surface area contributed by atoms with Gasteiger partial charge in [0.05, 0.1) is 11.9 Å². The van der Waals surface area contributed by atoms with Crippen LogP contribution in [-0.2, 0) is 0 Å². The van der Waals surface area contributed by atoms with E-state index < -0.39 is 5.82 Å². The van der Waals surface area contributed by atoms with E-state index in [-0.39, 0.29) is 40.8 Å². The highest BCUT2D eigenvalue weighted by atomic mass is 19.2. The zero-order chi connectivity index (χ0) is 23.1. The summed E-state index contributed by atoms with van der Waals surface area (Å²) in [5.41, 5.74) is 1.24. The van der Waals surface area contributed by atoms with Crippen LogP contribution in [0.5, 0.6) is 0 Å². The fourth-order valence-electron chi connectivity index (χ4n) is 4.46. The molecule has 1 saturated heterocycles. The van der Waals surface area contributed by atoms with Crippen LogP contribution in [0.25, 0.3) is 0 Å². The number of benzene rings is 1. The molecule has 0 unspecified atom stereocenters. The molecule has 1 aromatic heterocycles. The SMILES string of the molecule is CN1C(C)(C)CC(Nc2nc(Nc3cccc(N4CN(F)N=N4)c3)ncc2F)CC1(C)C. The minimum absolute atomic E-state index is 0.0352. The number of anilines is 4. The lowest BCUT2D eigenvalue weighted by molar-refractivity contribution is -0.00778. The van der Waals surface area contributed by atoms with Crippen LogP contribution in [0.4, 0.5) is 32.0 Å². The van der Waals surface area contributed by atoms with Gasteiger partial charge in [0.25, 0.3) is 0 Å². The van der Waals surface area contributed by atoms with E-state index in [4.69, 9.17) is 0 Å². The van der Waals surface area contributed by atoms with Crippen molar-refractivity contribution in [3.8, 4) is 0 Å². The monoisotopic (exact) mass is 445 g/mol. The Bertz CT molecular complexity index is 993. The second-order valence-corrected chi connectivity index (χ2v) is 9.56. The van der Waals surface area contributed by atoms with Gasteiger partial charge in [-0.05, 0) is 76.2 Å². The molecule has 1 aromatic carbocycles. The molecule has 0 radical (unpaired) electrons. The second-order valence-electron chi connectivity index (χ2n) is 9.56. The highest BCUT2D eigenvalue weighted by Gasteiger charge is 2.43. The summed E-state index contributed by atoms with van der Waals surface area (Å²) in [6.45, 7) is 8.69.